The van der Waals surface area contributed by atoms with E-state index in [0.717, 1.165) is 14.8 Å². The van der Waals surface area contributed by atoms with E-state index < -0.39 is 0 Å². The molecule has 0 saturated carbocycles. The third kappa shape index (κ3) is 3.41. The van der Waals surface area contributed by atoms with E-state index in [9.17, 15) is 0 Å². The number of hydrogen-bond acceptors (Lipinski definition) is 4. The zero-order valence-corrected chi connectivity index (χ0v) is 12.4. The largest absolute Gasteiger partial charge is 0.331 e. The fraction of sp³-hybridized carbons (Fsp3) is 0.182. The van der Waals surface area contributed by atoms with E-state index in [1.165, 1.54) is 11.3 Å². The third-order valence-corrected chi connectivity index (χ3v) is 4.25. The van der Waals surface area contributed by atoms with Crippen LogP contribution in [0, 0.1) is 0 Å². The van der Waals surface area contributed by atoms with E-state index >= 15 is 0 Å². The smallest absolute Gasteiger partial charge is 0.210 e. The molecule has 0 aliphatic rings. The fourth-order valence-corrected chi connectivity index (χ4v) is 2.92. The van der Waals surface area contributed by atoms with Crippen LogP contribution in [0.1, 0.15) is 0 Å². The molecular weight excluding hydrogens is 284 g/mol. The predicted molar refractivity (Wildman–Crippen MR) is 81.1 cm³/mol. The van der Waals surface area contributed by atoms with Crippen LogP contribution in [0.3, 0.4) is 0 Å². The predicted octanol–water partition coefficient (Wildman–Crippen LogP) is 2.50. The van der Waals surface area contributed by atoms with Crippen molar-refractivity contribution in [2.24, 2.45) is 12.0 Å². The zero-order valence-electron chi connectivity index (χ0n) is 9.95. The molecule has 0 aliphatic heterocycles. The van der Waals surface area contributed by atoms with Crippen molar-refractivity contribution >= 4 is 46.1 Å². The third-order valence-electron chi connectivity index (χ3n) is 2.08. The number of aryl methyl sites for hydroxylation is 1. The fourth-order valence-electron chi connectivity index (χ4n) is 1.27. The summed E-state index contributed by atoms with van der Waals surface area (Å²) in [5.74, 6) is 0. The Hall–Kier alpha value is -1.18. The molecule has 0 saturated heterocycles. The number of nitrogens with one attached hydrogen (secondary N) is 1. The molecule has 94 valence electrons. The second-order valence-electron chi connectivity index (χ2n) is 3.39. The maximum absolute atomic E-state index is 5.20. The highest BCUT2D eigenvalue weighted by atomic mass is 32.2. The van der Waals surface area contributed by atoms with Gasteiger partial charge >= 0.3 is 0 Å². The number of thioether (sulfide) groups is 1. The van der Waals surface area contributed by atoms with Gasteiger partial charge in [0, 0.05) is 12.7 Å². The molecule has 0 aliphatic carbocycles. The normalized spacial score (nSPS) is 11.6. The minimum Gasteiger partial charge on any atom is -0.331 e. The Kier molecular flexibility index (Phi) is 4.51. The Morgan fingerprint density at radius 3 is 2.78 bits per heavy atom. The molecule has 2 rings (SSSR count). The molecule has 1 aromatic carbocycles. The Balaban J connectivity index is 2.17. The van der Waals surface area contributed by atoms with E-state index in [1.54, 1.807) is 16.4 Å². The molecule has 7 heteroatoms. The van der Waals surface area contributed by atoms with E-state index in [0.29, 0.717) is 5.11 Å². The quantitative estimate of drug-likeness (QED) is 0.683. The second kappa shape index (κ2) is 6.12. The lowest BCUT2D eigenvalue weighted by atomic mass is 10.3. The molecule has 0 amide bonds. The summed E-state index contributed by atoms with van der Waals surface area (Å²) >= 11 is 8.32. The summed E-state index contributed by atoms with van der Waals surface area (Å²) in [6.45, 7) is 0. The highest BCUT2D eigenvalue weighted by molar-refractivity contribution is 8.00. The molecule has 0 unspecified atom stereocenters. The molecule has 0 spiro atoms. The molecule has 0 fully saturated rings. The number of rotatable bonds is 2. The minimum atomic E-state index is 0.438. The van der Waals surface area contributed by atoms with Crippen LogP contribution in [0.15, 0.2) is 39.7 Å². The van der Waals surface area contributed by atoms with Crippen molar-refractivity contribution in [2.45, 2.75) is 4.34 Å². The lowest BCUT2D eigenvalue weighted by Crippen LogP contribution is -2.17. The van der Waals surface area contributed by atoms with Crippen molar-refractivity contribution in [3.63, 3.8) is 0 Å². The Morgan fingerprint density at radius 1 is 1.44 bits per heavy atom. The van der Waals surface area contributed by atoms with Crippen molar-refractivity contribution in [3.05, 3.63) is 35.1 Å². The SMILES string of the molecule is CSc1nn(C)c(=NC(=S)Nc2ccccc2)s1. The number of aromatic nitrogens is 2. The van der Waals surface area contributed by atoms with Gasteiger partial charge in [-0.25, -0.2) is 4.68 Å². The Bertz CT molecular complexity index is 600. The van der Waals surface area contributed by atoms with Crippen LogP contribution in [0.4, 0.5) is 5.69 Å². The highest BCUT2D eigenvalue weighted by Crippen LogP contribution is 2.12. The maximum Gasteiger partial charge on any atom is 0.210 e. The van der Waals surface area contributed by atoms with Crippen molar-refractivity contribution in [2.75, 3.05) is 11.6 Å². The van der Waals surface area contributed by atoms with Crippen LogP contribution in [0.5, 0.6) is 0 Å². The summed E-state index contributed by atoms with van der Waals surface area (Å²) < 4.78 is 2.70. The monoisotopic (exact) mass is 296 g/mol. The molecule has 18 heavy (non-hydrogen) atoms. The van der Waals surface area contributed by atoms with Gasteiger partial charge in [-0.1, -0.05) is 41.3 Å². The summed E-state index contributed by atoms with van der Waals surface area (Å²) in [4.78, 5) is 5.13. The lowest BCUT2D eigenvalue weighted by Gasteiger charge is -2.01. The van der Waals surface area contributed by atoms with Crippen LogP contribution in [0.2, 0.25) is 0 Å². The van der Waals surface area contributed by atoms with Gasteiger partial charge in [-0.3, -0.25) is 0 Å². The zero-order chi connectivity index (χ0) is 13.0. The van der Waals surface area contributed by atoms with Crippen LogP contribution in [-0.2, 0) is 7.05 Å². The van der Waals surface area contributed by atoms with Gasteiger partial charge in [0.05, 0.1) is 0 Å². The first-order valence-corrected chi connectivity index (χ1v) is 7.63. The first kappa shape index (κ1) is 13.3. The average molecular weight is 296 g/mol. The molecule has 0 bridgehead atoms. The molecule has 1 N–H and O–H groups in total. The Morgan fingerprint density at radius 2 is 2.17 bits per heavy atom. The first-order valence-electron chi connectivity index (χ1n) is 5.18. The van der Waals surface area contributed by atoms with Crippen molar-refractivity contribution in [1.82, 2.24) is 9.78 Å². The van der Waals surface area contributed by atoms with Gasteiger partial charge < -0.3 is 5.32 Å². The van der Waals surface area contributed by atoms with E-state index in [1.807, 2.05) is 43.6 Å². The van der Waals surface area contributed by atoms with Crippen molar-refractivity contribution < 1.29 is 0 Å². The summed E-state index contributed by atoms with van der Waals surface area (Å²) in [5.41, 5.74) is 0.934. The average Bonchev–Trinajstić information content (AvgIpc) is 2.71. The van der Waals surface area contributed by atoms with Gasteiger partial charge in [0.1, 0.15) is 0 Å². The molecule has 4 nitrogen and oxygen atoms in total. The second-order valence-corrected chi connectivity index (χ2v) is 5.78. The minimum absolute atomic E-state index is 0.438. The van der Waals surface area contributed by atoms with Gasteiger partial charge in [-0.05, 0) is 30.6 Å². The van der Waals surface area contributed by atoms with E-state index in [4.69, 9.17) is 12.2 Å². The van der Waals surface area contributed by atoms with Crippen molar-refractivity contribution in [1.29, 1.82) is 0 Å². The number of nitrogens with zero attached hydrogens (tertiary/aromatic N) is 3. The van der Waals surface area contributed by atoms with Gasteiger partial charge in [0.15, 0.2) is 9.45 Å². The molecule has 1 heterocycles. The summed E-state index contributed by atoms with van der Waals surface area (Å²) in [6, 6.07) is 9.75. The molecule has 0 radical (unpaired) electrons. The molecule has 0 atom stereocenters. The van der Waals surface area contributed by atoms with Crippen LogP contribution >= 0.6 is 35.3 Å². The van der Waals surface area contributed by atoms with Crippen LogP contribution in [0.25, 0.3) is 0 Å². The Labute approximate surface area is 119 Å². The highest BCUT2D eigenvalue weighted by Gasteiger charge is 2.01. The number of anilines is 1. The topological polar surface area (TPSA) is 42.2 Å². The van der Waals surface area contributed by atoms with Crippen molar-refractivity contribution in [3.8, 4) is 0 Å². The van der Waals surface area contributed by atoms with Crippen LogP contribution in [-0.4, -0.2) is 21.1 Å². The number of thiocarbonyl (C=S) groups is 1. The number of benzene rings is 1. The van der Waals surface area contributed by atoms with Gasteiger partial charge in [0.2, 0.25) is 4.80 Å². The maximum atomic E-state index is 5.20. The van der Waals surface area contributed by atoms with E-state index in [2.05, 4.69) is 15.4 Å². The van der Waals surface area contributed by atoms with Gasteiger partial charge in [-0.15, -0.1) is 0 Å². The van der Waals surface area contributed by atoms with Gasteiger partial charge in [-0.2, -0.15) is 10.1 Å². The summed E-state index contributed by atoms with van der Waals surface area (Å²) in [6.07, 6.45) is 1.99. The molecule has 2 aromatic rings. The lowest BCUT2D eigenvalue weighted by molar-refractivity contribution is 0.706. The first-order chi connectivity index (χ1) is 8.69. The number of para-hydroxylation sites is 1. The summed E-state index contributed by atoms with van der Waals surface area (Å²) in [7, 11) is 1.86. The number of hydrogen-bond donors (Lipinski definition) is 1. The molecule has 1 aromatic heterocycles. The molecular formula is C11H12N4S3. The summed E-state index contributed by atoms with van der Waals surface area (Å²) in [5, 5.41) is 7.81. The van der Waals surface area contributed by atoms with Crippen LogP contribution < -0.4 is 10.1 Å². The van der Waals surface area contributed by atoms with E-state index in [-0.39, 0.29) is 0 Å². The standard InChI is InChI=1S/C11H12N4S3/c1-15-10(18-11(14-15)17-2)13-9(16)12-8-6-4-3-5-7-8/h3-7H,1-2H3,(H,12,16). The van der Waals surface area contributed by atoms with Gasteiger partial charge in [0.25, 0.3) is 0 Å².